The first-order valence-corrected chi connectivity index (χ1v) is 5.40. The molecule has 0 atom stereocenters. The van der Waals surface area contributed by atoms with Gasteiger partial charge in [0.05, 0.1) is 7.11 Å². The van der Waals surface area contributed by atoms with Crippen LogP contribution in [0.5, 0.6) is 11.5 Å². The quantitative estimate of drug-likeness (QED) is 0.820. The lowest BCUT2D eigenvalue weighted by molar-refractivity contribution is 0.284. The molecule has 2 aromatic rings. The van der Waals surface area contributed by atoms with E-state index in [1.807, 2.05) is 48.5 Å². The first kappa shape index (κ1) is 11.3. The number of rotatable bonds is 4. The number of hydrogen-bond donors (Lipinski definition) is 1. The predicted octanol–water partition coefficient (Wildman–Crippen LogP) is 2.86. The number of hydrogen-bond acceptors (Lipinski definition) is 3. The van der Waals surface area contributed by atoms with E-state index < -0.39 is 0 Å². The molecular formula is C14H15NO2. The Balaban J connectivity index is 2.04. The molecule has 0 spiro atoms. The van der Waals surface area contributed by atoms with Crippen molar-refractivity contribution in [1.82, 2.24) is 0 Å². The molecule has 2 rings (SSSR count). The first-order valence-electron chi connectivity index (χ1n) is 5.40. The molecule has 88 valence electrons. The second-order valence-electron chi connectivity index (χ2n) is 3.68. The van der Waals surface area contributed by atoms with Gasteiger partial charge in [0, 0.05) is 5.69 Å². The lowest BCUT2D eigenvalue weighted by Gasteiger charge is -2.10. The molecule has 3 nitrogen and oxygen atoms in total. The Morgan fingerprint density at radius 3 is 2.24 bits per heavy atom. The normalized spacial score (nSPS) is 9.94. The van der Waals surface area contributed by atoms with Gasteiger partial charge in [0.15, 0.2) is 11.5 Å². The minimum Gasteiger partial charge on any atom is -0.493 e. The van der Waals surface area contributed by atoms with E-state index in [9.17, 15) is 0 Å². The summed E-state index contributed by atoms with van der Waals surface area (Å²) in [6, 6.07) is 15.2. The van der Waals surface area contributed by atoms with Gasteiger partial charge < -0.3 is 15.2 Å². The molecule has 0 unspecified atom stereocenters. The summed E-state index contributed by atoms with van der Waals surface area (Å²) >= 11 is 0. The van der Waals surface area contributed by atoms with Gasteiger partial charge in [-0.2, -0.15) is 0 Å². The number of ether oxygens (including phenoxy) is 2. The number of nitrogens with two attached hydrogens (primary N) is 1. The Morgan fingerprint density at radius 2 is 1.59 bits per heavy atom. The molecule has 0 radical (unpaired) electrons. The Morgan fingerprint density at radius 1 is 0.941 bits per heavy atom. The fourth-order valence-corrected chi connectivity index (χ4v) is 1.51. The van der Waals surface area contributed by atoms with Crippen molar-refractivity contribution >= 4 is 5.69 Å². The fraction of sp³-hybridized carbons (Fsp3) is 0.143. The van der Waals surface area contributed by atoms with E-state index in [1.165, 1.54) is 0 Å². The third kappa shape index (κ3) is 2.91. The maximum Gasteiger partial charge on any atom is 0.161 e. The molecule has 0 aliphatic carbocycles. The highest BCUT2D eigenvalue weighted by Crippen LogP contribution is 2.26. The van der Waals surface area contributed by atoms with E-state index >= 15 is 0 Å². The lowest BCUT2D eigenvalue weighted by atomic mass is 10.2. The molecule has 3 heteroatoms. The summed E-state index contributed by atoms with van der Waals surface area (Å²) in [5.41, 5.74) is 7.45. The largest absolute Gasteiger partial charge is 0.493 e. The number of nitrogen functional groups attached to an aromatic ring is 1. The van der Waals surface area contributed by atoms with E-state index in [-0.39, 0.29) is 0 Å². The number of methoxy groups -OCH3 is 1. The predicted molar refractivity (Wildman–Crippen MR) is 68.2 cm³/mol. The second kappa shape index (κ2) is 5.25. The number of anilines is 1. The molecular weight excluding hydrogens is 214 g/mol. The average Bonchev–Trinajstić information content (AvgIpc) is 2.38. The molecule has 0 bridgehead atoms. The SMILES string of the molecule is COc1ccccc1OCc1ccc(N)cc1. The summed E-state index contributed by atoms with van der Waals surface area (Å²) in [6.45, 7) is 0.501. The zero-order valence-electron chi connectivity index (χ0n) is 9.72. The van der Waals surface area contributed by atoms with Crippen LogP contribution in [0.3, 0.4) is 0 Å². The van der Waals surface area contributed by atoms with Gasteiger partial charge in [-0.05, 0) is 29.8 Å². The van der Waals surface area contributed by atoms with Crippen LogP contribution in [0.25, 0.3) is 0 Å². The van der Waals surface area contributed by atoms with Crippen LogP contribution in [-0.2, 0) is 6.61 Å². The molecule has 0 heterocycles. The third-order valence-electron chi connectivity index (χ3n) is 2.44. The van der Waals surface area contributed by atoms with Crippen molar-refractivity contribution in [3.05, 3.63) is 54.1 Å². The molecule has 2 N–H and O–H groups in total. The molecule has 0 aromatic heterocycles. The van der Waals surface area contributed by atoms with Crippen LogP contribution in [0, 0.1) is 0 Å². The van der Waals surface area contributed by atoms with E-state index in [0.717, 1.165) is 22.7 Å². The molecule has 0 fully saturated rings. The van der Waals surface area contributed by atoms with Gasteiger partial charge in [0.2, 0.25) is 0 Å². The summed E-state index contributed by atoms with van der Waals surface area (Å²) < 4.78 is 10.9. The standard InChI is InChI=1S/C14H15NO2/c1-16-13-4-2-3-5-14(13)17-10-11-6-8-12(15)9-7-11/h2-9H,10,15H2,1H3. The van der Waals surface area contributed by atoms with Crippen molar-refractivity contribution in [3.8, 4) is 11.5 Å². The van der Waals surface area contributed by atoms with E-state index in [1.54, 1.807) is 7.11 Å². The van der Waals surface area contributed by atoms with Crippen molar-refractivity contribution in [2.45, 2.75) is 6.61 Å². The highest BCUT2D eigenvalue weighted by atomic mass is 16.5. The summed E-state index contributed by atoms with van der Waals surface area (Å²) in [6.07, 6.45) is 0. The summed E-state index contributed by atoms with van der Waals surface area (Å²) in [5.74, 6) is 1.48. The second-order valence-corrected chi connectivity index (χ2v) is 3.68. The number of para-hydroxylation sites is 2. The van der Waals surface area contributed by atoms with Crippen LogP contribution in [-0.4, -0.2) is 7.11 Å². The zero-order valence-corrected chi connectivity index (χ0v) is 9.72. The van der Waals surface area contributed by atoms with Crippen LogP contribution in [0.15, 0.2) is 48.5 Å². The lowest BCUT2D eigenvalue weighted by Crippen LogP contribution is -1.97. The van der Waals surface area contributed by atoms with E-state index in [0.29, 0.717) is 6.61 Å². The molecule has 0 aliphatic rings. The maximum absolute atomic E-state index is 5.69. The van der Waals surface area contributed by atoms with Gasteiger partial charge >= 0.3 is 0 Å². The van der Waals surface area contributed by atoms with Crippen molar-refractivity contribution in [2.24, 2.45) is 0 Å². The van der Waals surface area contributed by atoms with Crippen molar-refractivity contribution in [3.63, 3.8) is 0 Å². The Hall–Kier alpha value is -2.16. The highest BCUT2D eigenvalue weighted by molar-refractivity contribution is 5.41. The third-order valence-corrected chi connectivity index (χ3v) is 2.44. The molecule has 17 heavy (non-hydrogen) atoms. The van der Waals surface area contributed by atoms with Crippen LogP contribution >= 0.6 is 0 Å². The Kier molecular flexibility index (Phi) is 3.50. The number of benzene rings is 2. The topological polar surface area (TPSA) is 44.5 Å². The molecule has 0 saturated heterocycles. The van der Waals surface area contributed by atoms with Gasteiger partial charge in [-0.3, -0.25) is 0 Å². The average molecular weight is 229 g/mol. The van der Waals surface area contributed by atoms with Crippen molar-refractivity contribution in [2.75, 3.05) is 12.8 Å². The summed E-state index contributed by atoms with van der Waals surface area (Å²) in [5, 5.41) is 0. The van der Waals surface area contributed by atoms with Gasteiger partial charge in [0.25, 0.3) is 0 Å². The summed E-state index contributed by atoms with van der Waals surface area (Å²) in [7, 11) is 1.63. The van der Waals surface area contributed by atoms with Gasteiger partial charge in [-0.25, -0.2) is 0 Å². The van der Waals surface area contributed by atoms with Gasteiger partial charge in [-0.15, -0.1) is 0 Å². The van der Waals surface area contributed by atoms with Crippen LogP contribution in [0.1, 0.15) is 5.56 Å². The fourth-order valence-electron chi connectivity index (χ4n) is 1.51. The smallest absolute Gasteiger partial charge is 0.161 e. The zero-order chi connectivity index (χ0) is 12.1. The summed E-state index contributed by atoms with van der Waals surface area (Å²) in [4.78, 5) is 0. The Labute approximate surface area is 101 Å². The van der Waals surface area contributed by atoms with Crippen molar-refractivity contribution in [1.29, 1.82) is 0 Å². The minimum atomic E-state index is 0.501. The minimum absolute atomic E-state index is 0.501. The van der Waals surface area contributed by atoms with Gasteiger partial charge in [-0.1, -0.05) is 24.3 Å². The Bertz CT molecular complexity index is 480. The van der Waals surface area contributed by atoms with Gasteiger partial charge in [0.1, 0.15) is 6.61 Å². The molecule has 2 aromatic carbocycles. The maximum atomic E-state index is 5.69. The van der Waals surface area contributed by atoms with E-state index in [4.69, 9.17) is 15.2 Å². The monoisotopic (exact) mass is 229 g/mol. The van der Waals surface area contributed by atoms with E-state index in [2.05, 4.69) is 0 Å². The molecule has 0 saturated carbocycles. The first-order chi connectivity index (χ1) is 8.29. The van der Waals surface area contributed by atoms with Crippen LogP contribution in [0.2, 0.25) is 0 Å². The molecule has 0 amide bonds. The molecule has 0 aliphatic heterocycles. The van der Waals surface area contributed by atoms with Crippen molar-refractivity contribution < 1.29 is 9.47 Å². The van der Waals surface area contributed by atoms with Crippen LogP contribution in [0.4, 0.5) is 5.69 Å². The van der Waals surface area contributed by atoms with Crippen LogP contribution < -0.4 is 15.2 Å². The highest BCUT2D eigenvalue weighted by Gasteiger charge is 2.02.